The molecule has 2 N–H and O–H groups in total. The van der Waals surface area contributed by atoms with Crippen LogP contribution in [-0.2, 0) is 4.79 Å². The molecule has 0 fully saturated rings. The summed E-state index contributed by atoms with van der Waals surface area (Å²) in [5.74, 6) is -2.39. The number of carbonyl (C=O) groups excluding carboxylic acids is 2. The number of methoxy groups -OCH3 is 1. The van der Waals surface area contributed by atoms with Gasteiger partial charge in [-0.05, 0) is 36.4 Å². The van der Waals surface area contributed by atoms with Crippen LogP contribution in [0.3, 0.4) is 0 Å². The molecule has 0 saturated heterocycles. The van der Waals surface area contributed by atoms with E-state index in [1.54, 1.807) is 48.5 Å². The number of anilines is 2. The van der Waals surface area contributed by atoms with E-state index in [1.807, 2.05) is 0 Å². The topological polar surface area (TPSA) is 76.7 Å². The monoisotopic (exact) mass is 412 g/mol. The zero-order chi connectivity index (χ0) is 21.5. The largest absolute Gasteiger partial charge is 0.497 e. The van der Waals surface area contributed by atoms with Crippen molar-refractivity contribution in [1.29, 1.82) is 0 Å². The SMILES string of the molecule is COc1cccc(NC(=O)c2ccccc2NC(=O)COc2ccc(F)cc2F)c1. The van der Waals surface area contributed by atoms with E-state index in [4.69, 9.17) is 9.47 Å². The molecule has 0 atom stereocenters. The van der Waals surface area contributed by atoms with Gasteiger partial charge >= 0.3 is 0 Å². The number of carbonyl (C=O) groups is 2. The normalized spacial score (nSPS) is 10.2. The van der Waals surface area contributed by atoms with Gasteiger partial charge in [-0.1, -0.05) is 18.2 Å². The predicted molar refractivity (Wildman–Crippen MR) is 108 cm³/mol. The highest BCUT2D eigenvalue weighted by molar-refractivity contribution is 6.10. The Morgan fingerprint density at radius 2 is 1.73 bits per heavy atom. The molecule has 30 heavy (non-hydrogen) atoms. The van der Waals surface area contributed by atoms with Crippen molar-refractivity contribution in [2.45, 2.75) is 0 Å². The Labute approximate surface area is 171 Å². The molecule has 8 heteroatoms. The van der Waals surface area contributed by atoms with Crippen LogP contribution >= 0.6 is 0 Å². The van der Waals surface area contributed by atoms with Crippen molar-refractivity contribution in [3.63, 3.8) is 0 Å². The van der Waals surface area contributed by atoms with E-state index in [9.17, 15) is 18.4 Å². The number of benzene rings is 3. The van der Waals surface area contributed by atoms with Crippen LogP contribution in [0.1, 0.15) is 10.4 Å². The van der Waals surface area contributed by atoms with Crippen LogP contribution in [0, 0.1) is 11.6 Å². The molecule has 0 aliphatic carbocycles. The van der Waals surface area contributed by atoms with Crippen molar-refractivity contribution in [1.82, 2.24) is 0 Å². The Morgan fingerprint density at radius 1 is 0.933 bits per heavy atom. The van der Waals surface area contributed by atoms with Crippen LogP contribution < -0.4 is 20.1 Å². The fraction of sp³-hybridized carbons (Fsp3) is 0.0909. The van der Waals surface area contributed by atoms with E-state index in [0.29, 0.717) is 17.5 Å². The maximum absolute atomic E-state index is 13.6. The smallest absolute Gasteiger partial charge is 0.262 e. The number of nitrogens with one attached hydrogen (secondary N) is 2. The molecule has 3 aromatic rings. The van der Waals surface area contributed by atoms with Gasteiger partial charge in [0.15, 0.2) is 18.2 Å². The van der Waals surface area contributed by atoms with Crippen LogP contribution in [0.15, 0.2) is 66.7 Å². The second-order valence-electron chi connectivity index (χ2n) is 6.14. The van der Waals surface area contributed by atoms with Crippen LogP contribution in [0.4, 0.5) is 20.2 Å². The third kappa shape index (κ3) is 5.32. The van der Waals surface area contributed by atoms with Gasteiger partial charge in [0, 0.05) is 17.8 Å². The number of hydrogen-bond acceptors (Lipinski definition) is 4. The summed E-state index contributed by atoms with van der Waals surface area (Å²) >= 11 is 0. The van der Waals surface area contributed by atoms with Gasteiger partial charge in [-0.25, -0.2) is 8.78 Å². The second kappa shape index (κ2) is 9.51. The minimum atomic E-state index is -0.916. The van der Waals surface area contributed by atoms with Gasteiger partial charge in [0.1, 0.15) is 11.6 Å². The zero-order valence-electron chi connectivity index (χ0n) is 15.9. The Balaban J connectivity index is 1.66. The third-order valence-electron chi connectivity index (χ3n) is 4.03. The Morgan fingerprint density at radius 3 is 2.50 bits per heavy atom. The maximum Gasteiger partial charge on any atom is 0.262 e. The first-order valence-corrected chi connectivity index (χ1v) is 8.88. The molecule has 6 nitrogen and oxygen atoms in total. The van der Waals surface area contributed by atoms with Gasteiger partial charge in [0.25, 0.3) is 11.8 Å². The summed E-state index contributed by atoms with van der Waals surface area (Å²) in [5.41, 5.74) is 1.00. The Hall–Kier alpha value is -3.94. The molecule has 0 unspecified atom stereocenters. The summed E-state index contributed by atoms with van der Waals surface area (Å²) in [6, 6.07) is 16.0. The number of amides is 2. The van der Waals surface area contributed by atoms with Gasteiger partial charge in [0.05, 0.1) is 18.4 Å². The molecule has 3 aromatic carbocycles. The summed E-state index contributed by atoms with van der Waals surface area (Å²) < 4.78 is 36.7. The predicted octanol–water partition coefficient (Wildman–Crippen LogP) is 4.24. The van der Waals surface area contributed by atoms with Crippen molar-refractivity contribution >= 4 is 23.2 Å². The van der Waals surface area contributed by atoms with Crippen molar-refractivity contribution < 1.29 is 27.8 Å². The molecule has 0 radical (unpaired) electrons. The summed E-state index contributed by atoms with van der Waals surface area (Å²) in [5, 5.41) is 5.29. The molecule has 0 aliphatic rings. The molecule has 0 aromatic heterocycles. The quantitative estimate of drug-likeness (QED) is 0.609. The minimum Gasteiger partial charge on any atom is -0.497 e. The summed E-state index contributed by atoms with van der Waals surface area (Å²) in [4.78, 5) is 24.9. The Bertz CT molecular complexity index is 1070. The number of hydrogen-bond donors (Lipinski definition) is 2. The first-order valence-electron chi connectivity index (χ1n) is 8.88. The van der Waals surface area contributed by atoms with Crippen molar-refractivity contribution in [3.8, 4) is 11.5 Å². The average Bonchev–Trinajstić information content (AvgIpc) is 2.73. The number of ether oxygens (including phenoxy) is 2. The lowest BCUT2D eigenvalue weighted by Crippen LogP contribution is -2.23. The molecule has 0 bridgehead atoms. The average molecular weight is 412 g/mol. The molecule has 0 spiro atoms. The molecule has 0 heterocycles. The van der Waals surface area contributed by atoms with E-state index in [1.165, 1.54) is 7.11 Å². The molecule has 3 rings (SSSR count). The zero-order valence-corrected chi connectivity index (χ0v) is 15.9. The van der Waals surface area contributed by atoms with E-state index in [0.717, 1.165) is 12.1 Å². The van der Waals surface area contributed by atoms with Gasteiger partial charge in [-0.15, -0.1) is 0 Å². The fourth-order valence-corrected chi connectivity index (χ4v) is 2.61. The maximum atomic E-state index is 13.6. The van der Waals surface area contributed by atoms with Crippen LogP contribution in [0.25, 0.3) is 0 Å². The lowest BCUT2D eigenvalue weighted by molar-refractivity contribution is -0.118. The van der Waals surface area contributed by atoms with Crippen LogP contribution in [0.5, 0.6) is 11.5 Å². The minimum absolute atomic E-state index is 0.224. The van der Waals surface area contributed by atoms with E-state index in [2.05, 4.69) is 10.6 Å². The van der Waals surface area contributed by atoms with E-state index in [-0.39, 0.29) is 17.0 Å². The van der Waals surface area contributed by atoms with Crippen molar-refractivity contribution in [3.05, 3.63) is 83.9 Å². The van der Waals surface area contributed by atoms with Crippen molar-refractivity contribution in [2.24, 2.45) is 0 Å². The molecule has 2 amide bonds. The highest BCUT2D eigenvalue weighted by atomic mass is 19.1. The summed E-state index contributed by atoms with van der Waals surface area (Å²) in [7, 11) is 1.52. The van der Waals surface area contributed by atoms with Crippen LogP contribution in [-0.4, -0.2) is 25.5 Å². The van der Waals surface area contributed by atoms with E-state index < -0.39 is 30.1 Å². The lowest BCUT2D eigenvalue weighted by atomic mass is 10.1. The van der Waals surface area contributed by atoms with Gasteiger partial charge in [0.2, 0.25) is 0 Å². The number of halogens is 2. The highest BCUT2D eigenvalue weighted by Gasteiger charge is 2.15. The lowest BCUT2D eigenvalue weighted by Gasteiger charge is -2.12. The molecule has 0 saturated carbocycles. The number of rotatable bonds is 7. The molecular formula is C22H18F2N2O4. The van der Waals surface area contributed by atoms with Gasteiger partial charge in [-0.2, -0.15) is 0 Å². The van der Waals surface area contributed by atoms with E-state index >= 15 is 0 Å². The highest BCUT2D eigenvalue weighted by Crippen LogP contribution is 2.21. The fourth-order valence-electron chi connectivity index (χ4n) is 2.61. The molecule has 154 valence electrons. The number of para-hydroxylation sites is 1. The molecule has 0 aliphatic heterocycles. The first kappa shape index (κ1) is 20.8. The van der Waals surface area contributed by atoms with Crippen molar-refractivity contribution in [2.75, 3.05) is 24.4 Å². The third-order valence-corrected chi connectivity index (χ3v) is 4.03. The van der Waals surface area contributed by atoms with Gasteiger partial charge < -0.3 is 20.1 Å². The second-order valence-corrected chi connectivity index (χ2v) is 6.14. The standard InChI is InChI=1S/C22H18F2N2O4/c1-29-16-6-4-5-15(12-16)25-22(28)17-7-2-3-8-19(17)26-21(27)13-30-20-10-9-14(23)11-18(20)24/h2-12H,13H2,1H3,(H,25,28)(H,26,27). The summed E-state index contributed by atoms with van der Waals surface area (Å²) in [6.45, 7) is -0.519. The van der Waals surface area contributed by atoms with Crippen LogP contribution in [0.2, 0.25) is 0 Å². The molecular weight excluding hydrogens is 394 g/mol. The Kier molecular flexibility index (Phi) is 6.59. The first-order chi connectivity index (χ1) is 14.5. The van der Waals surface area contributed by atoms with Gasteiger partial charge in [-0.3, -0.25) is 9.59 Å². The summed E-state index contributed by atoms with van der Waals surface area (Å²) in [6.07, 6.45) is 0.